The summed E-state index contributed by atoms with van der Waals surface area (Å²) in [6.45, 7) is 0.749. The van der Waals surface area contributed by atoms with E-state index in [0.29, 0.717) is 6.04 Å². The first kappa shape index (κ1) is 15.1. The first-order valence-electron chi connectivity index (χ1n) is 8.46. The van der Waals surface area contributed by atoms with E-state index in [9.17, 15) is 0 Å². The van der Waals surface area contributed by atoms with Gasteiger partial charge in [-0.3, -0.25) is 9.88 Å². The van der Waals surface area contributed by atoms with Crippen molar-refractivity contribution >= 4 is 0 Å². The zero-order chi connectivity index (χ0) is 16.4. The molecule has 2 heterocycles. The minimum absolute atomic E-state index is 0.443. The Morgan fingerprint density at radius 3 is 2.88 bits per heavy atom. The lowest BCUT2D eigenvalue weighted by atomic mass is 9.87. The second kappa shape index (κ2) is 6.57. The number of benzene rings is 1. The highest BCUT2D eigenvalue weighted by Crippen LogP contribution is 2.34. The van der Waals surface area contributed by atoms with Gasteiger partial charge in [-0.15, -0.1) is 0 Å². The van der Waals surface area contributed by atoms with Crippen molar-refractivity contribution in [3.8, 4) is 11.4 Å². The predicted octanol–water partition coefficient (Wildman–Crippen LogP) is 4.25. The van der Waals surface area contributed by atoms with Gasteiger partial charge in [-0.2, -0.15) is 0 Å². The number of nitrogens with zero attached hydrogens (tertiary/aromatic N) is 3. The quantitative estimate of drug-likeness (QED) is 0.721. The van der Waals surface area contributed by atoms with E-state index >= 15 is 0 Å². The molecule has 3 aromatic rings. The van der Waals surface area contributed by atoms with Gasteiger partial charge in [0, 0.05) is 18.3 Å². The third-order valence-electron chi connectivity index (χ3n) is 4.76. The Kier molecular flexibility index (Phi) is 4.13. The van der Waals surface area contributed by atoms with Gasteiger partial charge >= 0.3 is 0 Å². The summed E-state index contributed by atoms with van der Waals surface area (Å²) in [4.78, 5) is 6.69. The molecule has 0 N–H and O–H groups in total. The average molecular weight is 319 g/mol. The molecule has 122 valence electrons. The van der Waals surface area contributed by atoms with Crippen molar-refractivity contribution in [1.29, 1.82) is 0 Å². The molecular formula is C20H21N3O. The van der Waals surface area contributed by atoms with E-state index in [2.05, 4.69) is 46.4 Å². The standard InChI is InChI=1S/C20H21N3O/c1-23(20-11-6-8-15-7-2-3-9-17(15)20)14-16-13-19(22-24-16)18-10-4-5-12-21-18/h2-5,7,9-10,12-13,20H,6,8,11,14H2,1H3/t20-/m1/s1. The van der Waals surface area contributed by atoms with Crippen LogP contribution in [0, 0.1) is 0 Å². The van der Waals surface area contributed by atoms with Crippen LogP contribution in [0.1, 0.15) is 35.8 Å². The molecule has 4 heteroatoms. The molecule has 1 aliphatic carbocycles. The van der Waals surface area contributed by atoms with E-state index in [0.717, 1.165) is 23.7 Å². The number of fused-ring (bicyclic) bond motifs is 1. The summed E-state index contributed by atoms with van der Waals surface area (Å²) in [5.74, 6) is 0.876. The van der Waals surface area contributed by atoms with Gasteiger partial charge in [0.25, 0.3) is 0 Å². The van der Waals surface area contributed by atoms with Crippen LogP contribution in [0.25, 0.3) is 11.4 Å². The molecule has 0 bridgehead atoms. The van der Waals surface area contributed by atoms with Crippen molar-refractivity contribution in [3.05, 3.63) is 71.6 Å². The molecule has 1 aromatic carbocycles. The maximum atomic E-state index is 5.54. The summed E-state index contributed by atoms with van der Waals surface area (Å²) in [5.41, 5.74) is 4.57. The fourth-order valence-corrected chi connectivity index (χ4v) is 3.56. The fourth-order valence-electron chi connectivity index (χ4n) is 3.56. The van der Waals surface area contributed by atoms with Crippen LogP contribution >= 0.6 is 0 Å². The molecule has 4 rings (SSSR count). The molecule has 0 aliphatic heterocycles. The predicted molar refractivity (Wildman–Crippen MR) is 93.3 cm³/mol. The third kappa shape index (κ3) is 2.97. The number of aryl methyl sites for hydroxylation is 1. The zero-order valence-electron chi connectivity index (χ0n) is 13.9. The average Bonchev–Trinajstić information content (AvgIpc) is 3.10. The van der Waals surface area contributed by atoms with E-state index in [-0.39, 0.29) is 0 Å². The smallest absolute Gasteiger partial charge is 0.151 e. The summed E-state index contributed by atoms with van der Waals surface area (Å²) < 4.78 is 5.54. The molecule has 1 atom stereocenters. The third-order valence-corrected chi connectivity index (χ3v) is 4.76. The molecule has 0 amide bonds. The number of rotatable bonds is 4. The first-order valence-corrected chi connectivity index (χ1v) is 8.46. The van der Waals surface area contributed by atoms with E-state index in [1.54, 1.807) is 6.20 Å². The lowest BCUT2D eigenvalue weighted by molar-refractivity contribution is 0.190. The number of hydrogen-bond donors (Lipinski definition) is 0. The number of aromatic nitrogens is 2. The first-order chi connectivity index (χ1) is 11.8. The maximum absolute atomic E-state index is 5.54. The van der Waals surface area contributed by atoms with Crippen molar-refractivity contribution in [1.82, 2.24) is 15.0 Å². The molecule has 2 aromatic heterocycles. The Morgan fingerprint density at radius 1 is 1.12 bits per heavy atom. The van der Waals surface area contributed by atoms with E-state index in [4.69, 9.17) is 4.52 Å². The van der Waals surface area contributed by atoms with Crippen molar-refractivity contribution in [2.75, 3.05) is 7.05 Å². The lowest BCUT2D eigenvalue weighted by Crippen LogP contribution is -2.27. The van der Waals surface area contributed by atoms with Crippen LogP contribution in [-0.2, 0) is 13.0 Å². The molecule has 0 saturated carbocycles. The highest BCUT2D eigenvalue weighted by molar-refractivity contribution is 5.53. The Morgan fingerprint density at radius 2 is 2.00 bits per heavy atom. The highest BCUT2D eigenvalue weighted by atomic mass is 16.5. The minimum Gasteiger partial charge on any atom is -0.359 e. The van der Waals surface area contributed by atoms with E-state index in [1.165, 1.54) is 30.4 Å². The van der Waals surface area contributed by atoms with Gasteiger partial charge in [-0.05, 0) is 49.6 Å². The van der Waals surface area contributed by atoms with Gasteiger partial charge in [0.15, 0.2) is 5.76 Å². The van der Waals surface area contributed by atoms with Crippen LogP contribution in [0.3, 0.4) is 0 Å². The Balaban J connectivity index is 1.51. The van der Waals surface area contributed by atoms with Crippen LogP contribution < -0.4 is 0 Å². The van der Waals surface area contributed by atoms with Gasteiger partial charge in [-0.1, -0.05) is 35.5 Å². The summed E-state index contributed by atoms with van der Waals surface area (Å²) in [7, 11) is 2.16. The van der Waals surface area contributed by atoms with Crippen LogP contribution in [0.2, 0.25) is 0 Å². The van der Waals surface area contributed by atoms with Crippen molar-refractivity contribution in [2.45, 2.75) is 31.8 Å². The Bertz CT molecular complexity index is 813. The van der Waals surface area contributed by atoms with Crippen LogP contribution in [0.15, 0.2) is 59.3 Å². The number of hydrogen-bond acceptors (Lipinski definition) is 4. The van der Waals surface area contributed by atoms with Crippen LogP contribution in [-0.4, -0.2) is 22.1 Å². The molecule has 4 nitrogen and oxygen atoms in total. The second-order valence-electron chi connectivity index (χ2n) is 6.42. The molecule has 0 saturated heterocycles. The molecular weight excluding hydrogens is 298 g/mol. The SMILES string of the molecule is CN(Cc1cc(-c2ccccn2)no1)[C@@H]1CCCc2ccccc21. The van der Waals surface area contributed by atoms with Crippen molar-refractivity contribution in [3.63, 3.8) is 0 Å². The van der Waals surface area contributed by atoms with Gasteiger partial charge in [0.1, 0.15) is 5.69 Å². The summed E-state index contributed by atoms with van der Waals surface area (Å²) >= 11 is 0. The van der Waals surface area contributed by atoms with Crippen LogP contribution in [0.5, 0.6) is 0 Å². The normalized spacial score (nSPS) is 17.0. The molecule has 0 spiro atoms. The second-order valence-corrected chi connectivity index (χ2v) is 6.42. The Labute approximate surface area is 142 Å². The monoisotopic (exact) mass is 319 g/mol. The minimum atomic E-state index is 0.443. The van der Waals surface area contributed by atoms with Crippen molar-refractivity contribution < 1.29 is 4.52 Å². The lowest BCUT2D eigenvalue weighted by Gasteiger charge is -2.32. The van der Waals surface area contributed by atoms with Gasteiger partial charge < -0.3 is 4.52 Å². The fraction of sp³-hybridized carbons (Fsp3) is 0.300. The molecule has 0 fully saturated rings. The summed E-state index contributed by atoms with van der Waals surface area (Å²) in [6.07, 6.45) is 5.39. The molecule has 24 heavy (non-hydrogen) atoms. The van der Waals surface area contributed by atoms with E-state index < -0.39 is 0 Å². The van der Waals surface area contributed by atoms with Gasteiger partial charge in [0.2, 0.25) is 0 Å². The molecule has 1 aliphatic rings. The topological polar surface area (TPSA) is 42.2 Å². The van der Waals surface area contributed by atoms with E-state index in [1.807, 2.05) is 24.3 Å². The highest BCUT2D eigenvalue weighted by Gasteiger charge is 2.24. The molecule has 0 radical (unpaired) electrons. The summed E-state index contributed by atoms with van der Waals surface area (Å²) in [6, 6.07) is 17.0. The summed E-state index contributed by atoms with van der Waals surface area (Å²) in [5, 5.41) is 4.16. The Hall–Kier alpha value is -2.46. The van der Waals surface area contributed by atoms with Gasteiger partial charge in [-0.25, -0.2) is 0 Å². The maximum Gasteiger partial charge on any atom is 0.151 e. The number of pyridine rings is 1. The zero-order valence-corrected chi connectivity index (χ0v) is 13.9. The van der Waals surface area contributed by atoms with Crippen molar-refractivity contribution in [2.24, 2.45) is 0 Å². The largest absolute Gasteiger partial charge is 0.359 e. The molecule has 0 unspecified atom stereocenters. The van der Waals surface area contributed by atoms with Crippen LogP contribution in [0.4, 0.5) is 0 Å². The van der Waals surface area contributed by atoms with Gasteiger partial charge in [0.05, 0.1) is 12.2 Å².